The molecule has 0 amide bonds. The minimum atomic E-state index is 0. The van der Waals surface area contributed by atoms with Crippen molar-refractivity contribution < 1.29 is 0 Å². The number of aromatic nitrogens is 3. The highest BCUT2D eigenvalue weighted by molar-refractivity contribution is 14.0. The molecule has 8 heteroatoms. The summed E-state index contributed by atoms with van der Waals surface area (Å²) in [7, 11) is 1.88. The molecule has 0 atom stereocenters. The van der Waals surface area contributed by atoms with E-state index < -0.39 is 0 Å². The molecule has 2 fully saturated rings. The van der Waals surface area contributed by atoms with Crippen LogP contribution in [0.2, 0.25) is 0 Å². The Bertz CT molecular complexity index is 481. The average Bonchev–Trinajstić information content (AvgIpc) is 3.06. The lowest BCUT2D eigenvalue weighted by Crippen LogP contribution is -2.53. The Balaban J connectivity index is 0.00000192. The second-order valence-electron chi connectivity index (χ2n) is 6.15. The van der Waals surface area contributed by atoms with E-state index in [9.17, 15) is 0 Å². The fourth-order valence-electron chi connectivity index (χ4n) is 3.49. The number of rotatable bonds is 3. The average molecular weight is 450 g/mol. The summed E-state index contributed by atoms with van der Waals surface area (Å²) in [5, 5.41) is 7.61. The molecular formula is C15H27IN6S. The topological polar surface area (TPSA) is 58.3 Å². The zero-order valence-corrected chi connectivity index (χ0v) is 16.9. The molecule has 0 radical (unpaired) electrons. The van der Waals surface area contributed by atoms with E-state index in [1.54, 1.807) is 12.7 Å². The second-order valence-corrected chi connectivity index (χ2v) is 7.71. The van der Waals surface area contributed by atoms with E-state index in [2.05, 4.69) is 37.1 Å². The van der Waals surface area contributed by atoms with Gasteiger partial charge in [-0.2, -0.15) is 16.9 Å². The Morgan fingerprint density at radius 1 is 1.35 bits per heavy atom. The monoisotopic (exact) mass is 450 g/mol. The van der Waals surface area contributed by atoms with Crippen molar-refractivity contribution in [2.45, 2.75) is 43.4 Å². The molecule has 3 rings (SSSR count). The van der Waals surface area contributed by atoms with Crippen LogP contribution in [0.1, 0.15) is 32.1 Å². The summed E-state index contributed by atoms with van der Waals surface area (Å²) < 4.78 is 2.31. The Morgan fingerprint density at radius 3 is 2.87 bits per heavy atom. The number of thioether (sulfide) groups is 1. The number of aliphatic imine (C=N–C) groups is 1. The predicted octanol–water partition coefficient (Wildman–Crippen LogP) is 2.22. The van der Waals surface area contributed by atoms with E-state index in [0.29, 0.717) is 4.75 Å². The van der Waals surface area contributed by atoms with Gasteiger partial charge in [0.1, 0.15) is 12.7 Å². The fraction of sp³-hybridized carbons (Fsp3) is 0.800. The molecule has 1 aromatic rings. The number of nitrogens with one attached hydrogen (secondary N) is 1. The first-order chi connectivity index (χ1) is 10.8. The van der Waals surface area contributed by atoms with E-state index in [4.69, 9.17) is 0 Å². The molecule has 0 aromatic carbocycles. The van der Waals surface area contributed by atoms with Gasteiger partial charge in [0.25, 0.3) is 0 Å². The van der Waals surface area contributed by atoms with Crippen molar-refractivity contribution in [3.05, 3.63) is 12.7 Å². The Morgan fingerprint density at radius 2 is 2.17 bits per heavy atom. The number of guanidine groups is 1. The van der Waals surface area contributed by atoms with Gasteiger partial charge in [-0.15, -0.1) is 24.0 Å². The van der Waals surface area contributed by atoms with Crippen LogP contribution in [0.3, 0.4) is 0 Å². The lowest BCUT2D eigenvalue weighted by atomic mass is 9.87. The summed E-state index contributed by atoms with van der Waals surface area (Å²) in [6.45, 7) is 3.87. The third-order valence-electron chi connectivity index (χ3n) is 4.62. The molecule has 0 unspecified atom stereocenters. The van der Waals surface area contributed by atoms with E-state index in [1.807, 2.05) is 11.7 Å². The zero-order valence-electron chi connectivity index (χ0n) is 13.8. The summed E-state index contributed by atoms with van der Waals surface area (Å²) in [6, 6.07) is 0. The molecule has 0 bridgehead atoms. The van der Waals surface area contributed by atoms with Gasteiger partial charge in [-0.25, -0.2) is 4.98 Å². The van der Waals surface area contributed by atoms with E-state index >= 15 is 0 Å². The van der Waals surface area contributed by atoms with Crippen LogP contribution < -0.4 is 5.32 Å². The van der Waals surface area contributed by atoms with Crippen molar-refractivity contribution in [2.24, 2.45) is 4.99 Å². The predicted molar refractivity (Wildman–Crippen MR) is 107 cm³/mol. The number of nitrogens with zero attached hydrogens (tertiary/aromatic N) is 5. The van der Waals surface area contributed by atoms with Gasteiger partial charge in [-0.1, -0.05) is 19.3 Å². The first kappa shape index (κ1) is 18.8. The van der Waals surface area contributed by atoms with Crippen LogP contribution in [-0.2, 0) is 6.54 Å². The molecule has 23 heavy (non-hydrogen) atoms. The molecule has 2 heterocycles. The summed E-state index contributed by atoms with van der Waals surface area (Å²) in [6.07, 6.45) is 10.2. The maximum atomic E-state index is 4.49. The van der Waals surface area contributed by atoms with Crippen molar-refractivity contribution in [3.8, 4) is 0 Å². The molecule has 2 aliphatic rings. The van der Waals surface area contributed by atoms with E-state index in [-0.39, 0.29) is 24.0 Å². The summed E-state index contributed by atoms with van der Waals surface area (Å²) >= 11 is 2.19. The molecule has 1 saturated carbocycles. The van der Waals surface area contributed by atoms with Crippen molar-refractivity contribution in [1.82, 2.24) is 25.0 Å². The maximum absolute atomic E-state index is 4.49. The zero-order chi connectivity index (χ0) is 15.3. The largest absolute Gasteiger partial charge is 0.354 e. The summed E-state index contributed by atoms with van der Waals surface area (Å²) in [4.78, 5) is 10.9. The highest BCUT2D eigenvalue weighted by Crippen LogP contribution is 2.42. The smallest absolute Gasteiger partial charge is 0.193 e. The molecule has 1 aliphatic carbocycles. The molecule has 1 spiro atoms. The molecule has 1 N–H and O–H groups in total. The SMILES string of the molecule is CN=C(NCCn1cncn1)N1CCSC2(CCCCC2)C1.I. The van der Waals surface area contributed by atoms with Crippen LogP contribution in [0.15, 0.2) is 17.6 Å². The molecule has 1 aliphatic heterocycles. The Kier molecular flexibility index (Phi) is 7.45. The highest BCUT2D eigenvalue weighted by atomic mass is 127. The van der Waals surface area contributed by atoms with Crippen molar-refractivity contribution >= 4 is 41.7 Å². The van der Waals surface area contributed by atoms with Gasteiger partial charge < -0.3 is 10.2 Å². The standard InChI is InChI=1S/C15H26N6S.HI/c1-16-14(18-7-8-21-13-17-12-19-21)20-9-10-22-15(11-20)5-3-2-4-6-15;/h12-13H,2-11H2,1H3,(H,16,18);1H. The van der Waals surface area contributed by atoms with Crippen LogP contribution >= 0.6 is 35.7 Å². The molecule has 1 aromatic heterocycles. The quantitative estimate of drug-likeness (QED) is 0.435. The van der Waals surface area contributed by atoms with E-state index in [0.717, 1.165) is 32.1 Å². The minimum absolute atomic E-state index is 0. The molecule has 1 saturated heterocycles. The second kappa shape index (κ2) is 9.10. The van der Waals surface area contributed by atoms with Crippen LogP contribution in [0.5, 0.6) is 0 Å². The van der Waals surface area contributed by atoms with Crippen LogP contribution in [-0.4, -0.2) is 62.8 Å². The third kappa shape index (κ3) is 4.98. The van der Waals surface area contributed by atoms with Gasteiger partial charge in [0, 0.05) is 37.2 Å². The first-order valence-electron chi connectivity index (χ1n) is 8.23. The number of halogens is 1. The Hall–Kier alpha value is -0.510. The van der Waals surface area contributed by atoms with Gasteiger partial charge in [-0.3, -0.25) is 9.67 Å². The van der Waals surface area contributed by atoms with Crippen molar-refractivity contribution in [1.29, 1.82) is 0 Å². The van der Waals surface area contributed by atoms with Crippen molar-refractivity contribution in [2.75, 3.05) is 32.4 Å². The number of hydrogen-bond donors (Lipinski definition) is 1. The molecular weight excluding hydrogens is 423 g/mol. The normalized spacial score (nSPS) is 21.1. The van der Waals surface area contributed by atoms with Crippen molar-refractivity contribution in [3.63, 3.8) is 0 Å². The Labute approximate surface area is 159 Å². The van der Waals surface area contributed by atoms with Gasteiger partial charge in [0.15, 0.2) is 5.96 Å². The van der Waals surface area contributed by atoms with Crippen LogP contribution in [0, 0.1) is 0 Å². The lowest BCUT2D eigenvalue weighted by molar-refractivity contribution is 0.293. The van der Waals surface area contributed by atoms with Gasteiger partial charge in [0.05, 0.1) is 6.54 Å². The van der Waals surface area contributed by atoms with Gasteiger partial charge in [-0.05, 0) is 12.8 Å². The van der Waals surface area contributed by atoms with Gasteiger partial charge >= 0.3 is 0 Å². The highest BCUT2D eigenvalue weighted by Gasteiger charge is 2.38. The summed E-state index contributed by atoms with van der Waals surface area (Å²) in [5.74, 6) is 2.24. The third-order valence-corrected chi connectivity index (χ3v) is 6.15. The minimum Gasteiger partial charge on any atom is -0.354 e. The lowest BCUT2D eigenvalue weighted by Gasteiger charge is -2.45. The number of hydrogen-bond acceptors (Lipinski definition) is 4. The molecule has 6 nitrogen and oxygen atoms in total. The van der Waals surface area contributed by atoms with Crippen LogP contribution in [0.4, 0.5) is 0 Å². The maximum Gasteiger partial charge on any atom is 0.193 e. The van der Waals surface area contributed by atoms with E-state index in [1.165, 1.54) is 37.9 Å². The fourth-order valence-corrected chi connectivity index (χ4v) is 5.06. The van der Waals surface area contributed by atoms with Gasteiger partial charge in [0.2, 0.25) is 0 Å². The van der Waals surface area contributed by atoms with Crippen LogP contribution in [0.25, 0.3) is 0 Å². The summed E-state index contributed by atoms with van der Waals surface area (Å²) in [5.41, 5.74) is 0. The first-order valence-corrected chi connectivity index (χ1v) is 9.22. The molecule has 130 valence electrons.